The average Bonchev–Trinajstić information content (AvgIpc) is 2.58. The molecule has 3 rings (SSSR count). The van der Waals surface area contributed by atoms with Crippen molar-refractivity contribution in [3.63, 3.8) is 0 Å². The van der Waals surface area contributed by atoms with Crippen LogP contribution in [-0.2, 0) is 6.42 Å². The fourth-order valence-electron chi connectivity index (χ4n) is 2.93. The first-order valence-electron chi connectivity index (χ1n) is 8.15. The number of anilines is 1. The SMILES string of the molecule is C=CCc1c(N)ccc2c(=O)n(-c3ccc(Cl)cc3)c(C(C)C)nc12. The Kier molecular flexibility index (Phi) is 4.64. The number of nitrogen functional groups attached to an aromatic ring is 1. The zero-order valence-corrected chi connectivity index (χ0v) is 15.0. The van der Waals surface area contributed by atoms with Gasteiger partial charge in [0, 0.05) is 22.2 Å². The van der Waals surface area contributed by atoms with Gasteiger partial charge in [-0.3, -0.25) is 9.36 Å². The average molecular weight is 354 g/mol. The van der Waals surface area contributed by atoms with E-state index >= 15 is 0 Å². The summed E-state index contributed by atoms with van der Waals surface area (Å²) in [6.45, 7) is 7.80. The third-order valence-electron chi connectivity index (χ3n) is 4.16. The van der Waals surface area contributed by atoms with Crippen LogP contribution in [0.2, 0.25) is 5.02 Å². The van der Waals surface area contributed by atoms with Crippen molar-refractivity contribution in [3.05, 3.63) is 75.8 Å². The molecule has 4 nitrogen and oxygen atoms in total. The third-order valence-corrected chi connectivity index (χ3v) is 4.41. The summed E-state index contributed by atoms with van der Waals surface area (Å²) < 4.78 is 1.65. The number of hydrogen-bond donors (Lipinski definition) is 1. The van der Waals surface area contributed by atoms with Crippen LogP contribution in [0, 0.1) is 0 Å². The van der Waals surface area contributed by atoms with E-state index in [0.29, 0.717) is 33.9 Å². The Morgan fingerprint density at radius 2 is 1.92 bits per heavy atom. The van der Waals surface area contributed by atoms with Crippen LogP contribution < -0.4 is 11.3 Å². The lowest BCUT2D eigenvalue weighted by Gasteiger charge is -2.17. The van der Waals surface area contributed by atoms with Crippen molar-refractivity contribution < 1.29 is 0 Å². The van der Waals surface area contributed by atoms with Crippen molar-refractivity contribution in [2.24, 2.45) is 0 Å². The molecule has 0 aliphatic rings. The lowest BCUT2D eigenvalue weighted by molar-refractivity contribution is 0.722. The second-order valence-corrected chi connectivity index (χ2v) is 6.70. The Hall–Kier alpha value is -2.59. The number of fused-ring (bicyclic) bond motifs is 1. The molecular weight excluding hydrogens is 334 g/mol. The summed E-state index contributed by atoms with van der Waals surface area (Å²) in [5.74, 6) is 0.751. The predicted octanol–water partition coefficient (Wildman–Crippen LogP) is 4.47. The maximum absolute atomic E-state index is 13.2. The highest BCUT2D eigenvalue weighted by molar-refractivity contribution is 6.30. The van der Waals surface area contributed by atoms with Crippen LogP contribution in [0.4, 0.5) is 5.69 Å². The van der Waals surface area contributed by atoms with Gasteiger partial charge in [-0.15, -0.1) is 6.58 Å². The van der Waals surface area contributed by atoms with Crippen molar-refractivity contribution in [1.82, 2.24) is 9.55 Å². The van der Waals surface area contributed by atoms with Gasteiger partial charge in [0.15, 0.2) is 0 Å². The van der Waals surface area contributed by atoms with E-state index in [-0.39, 0.29) is 11.5 Å². The van der Waals surface area contributed by atoms with Gasteiger partial charge >= 0.3 is 0 Å². The van der Waals surface area contributed by atoms with E-state index in [9.17, 15) is 4.79 Å². The summed E-state index contributed by atoms with van der Waals surface area (Å²) in [4.78, 5) is 18.0. The monoisotopic (exact) mass is 353 g/mol. The molecule has 5 heteroatoms. The van der Waals surface area contributed by atoms with Crippen LogP contribution in [0.1, 0.15) is 31.2 Å². The summed E-state index contributed by atoms with van der Waals surface area (Å²) in [6.07, 6.45) is 2.34. The minimum absolute atomic E-state index is 0.0609. The first-order valence-corrected chi connectivity index (χ1v) is 8.52. The van der Waals surface area contributed by atoms with Crippen LogP contribution in [-0.4, -0.2) is 9.55 Å². The van der Waals surface area contributed by atoms with Crippen molar-refractivity contribution in [2.75, 3.05) is 5.73 Å². The molecule has 0 aliphatic carbocycles. The van der Waals surface area contributed by atoms with E-state index < -0.39 is 0 Å². The second kappa shape index (κ2) is 6.73. The Balaban J connectivity index is 2.42. The van der Waals surface area contributed by atoms with Crippen LogP contribution >= 0.6 is 11.6 Å². The van der Waals surface area contributed by atoms with Gasteiger partial charge in [-0.2, -0.15) is 0 Å². The van der Waals surface area contributed by atoms with Crippen LogP contribution in [0.25, 0.3) is 16.6 Å². The smallest absolute Gasteiger partial charge is 0.265 e. The number of hydrogen-bond acceptors (Lipinski definition) is 3. The molecule has 0 aliphatic heterocycles. The van der Waals surface area contributed by atoms with E-state index in [1.54, 1.807) is 34.9 Å². The molecule has 0 saturated heterocycles. The van der Waals surface area contributed by atoms with E-state index in [4.69, 9.17) is 22.3 Å². The molecule has 0 unspecified atom stereocenters. The number of allylic oxidation sites excluding steroid dienone is 1. The van der Waals surface area contributed by atoms with Crippen molar-refractivity contribution >= 4 is 28.2 Å². The van der Waals surface area contributed by atoms with E-state index in [1.165, 1.54) is 0 Å². The molecule has 1 heterocycles. The van der Waals surface area contributed by atoms with Gasteiger partial charge in [0.2, 0.25) is 0 Å². The number of rotatable bonds is 4. The molecule has 1 aromatic heterocycles. The summed E-state index contributed by atoms with van der Waals surface area (Å²) in [7, 11) is 0. The summed E-state index contributed by atoms with van der Waals surface area (Å²) >= 11 is 5.98. The lowest BCUT2D eigenvalue weighted by Crippen LogP contribution is -2.25. The molecule has 128 valence electrons. The Morgan fingerprint density at radius 1 is 1.24 bits per heavy atom. The summed E-state index contributed by atoms with van der Waals surface area (Å²) in [6, 6.07) is 10.7. The highest BCUT2D eigenvalue weighted by Crippen LogP contribution is 2.25. The lowest BCUT2D eigenvalue weighted by atomic mass is 10.0. The quantitative estimate of drug-likeness (QED) is 0.556. The second-order valence-electron chi connectivity index (χ2n) is 6.26. The van der Waals surface area contributed by atoms with Gasteiger partial charge in [0.25, 0.3) is 5.56 Å². The minimum Gasteiger partial charge on any atom is -0.398 e. The maximum Gasteiger partial charge on any atom is 0.265 e. The zero-order chi connectivity index (χ0) is 18.1. The number of nitrogens with zero attached hydrogens (tertiary/aromatic N) is 2. The fourth-order valence-corrected chi connectivity index (χ4v) is 3.05. The fraction of sp³-hybridized carbons (Fsp3) is 0.200. The van der Waals surface area contributed by atoms with E-state index in [1.807, 2.05) is 26.0 Å². The molecule has 2 N–H and O–H groups in total. The van der Waals surface area contributed by atoms with E-state index in [2.05, 4.69) is 6.58 Å². The van der Waals surface area contributed by atoms with Crippen molar-refractivity contribution in [3.8, 4) is 5.69 Å². The highest BCUT2D eigenvalue weighted by Gasteiger charge is 2.18. The van der Waals surface area contributed by atoms with Crippen LogP contribution in [0.5, 0.6) is 0 Å². The Bertz CT molecular complexity index is 1000. The summed E-state index contributed by atoms with van der Waals surface area (Å²) in [5, 5.41) is 1.17. The van der Waals surface area contributed by atoms with Gasteiger partial charge in [-0.1, -0.05) is 31.5 Å². The Morgan fingerprint density at radius 3 is 2.52 bits per heavy atom. The Labute approximate surface area is 151 Å². The third kappa shape index (κ3) is 3.05. The molecule has 0 spiro atoms. The molecule has 25 heavy (non-hydrogen) atoms. The standard InChI is InChI=1S/C20H20ClN3O/c1-4-5-15-17(22)11-10-16-18(15)23-19(12(2)3)24(20(16)25)14-8-6-13(21)7-9-14/h4,6-12H,1,5,22H2,2-3H3. The normalized spacial score (nSPS) is 11.2. The van der Waals surface area contributed by atoms with Gasteiger partial charge in [-0.25, -0.2) is 4.98 Å². The highest BCUT2D eigenvalue weighted by atomic mass is 35.5. The minimum atomic E-state index is -0.110. The number of nitrogens with two attached hydrogens (primary N) is 1. The molecule has 3 aromatic rings. The topological polar surface area (TPSA) is 60.9 Å². The molecule has 0 bridgehead atoms. The molecule has 0 radical (unpaired) electrons. The van der Waals surface area contributed by atoms with Gasteiger partial charge in [0.1, 0.15) is 5.82 Å². The van der Waals surface area contributed by atoms with Gasteiger partial charge < -0.3 is 5.73 Å². The molecule has 0 amide bonds. The van der Waals surface area contributed by atoms with Crippen LogP contribution in [0.3, 0.4) is 0 Å². The molecule has 2 aromatic carbocycles. The largest absolute Gasteiger partial charge is 0.398 e. The first kappa shape index (κ1) is 17.2. The van der Waals surface area contributed by atoms with Crippen molar-refractivity contribution in [1.29, 1.82) is 0 Å². The number of aromatic nitrogens is 2. The summed E-state index contributed by atoms with van der Waals surface area (Å²) in [5.41, 5.74) is 8.86. The zero-order valence-electron chi connectivity index (χ0n) is 14.3. The first-order chi connectivity index (χ1) is 11.9. The predicted molar refractivity (Wildman–Crippen MR) is 105 cm³/mol. The van der Waals surface area contributed by atoms with E-state index in [0.717, 1.165) is 11.3 Å². The molecule has 0 atom stereocenters. The van der Waals surface area contributed by atoms with Gasteiger partial charge in [0.05, 0.1) is 16.6 Å². The van der Waals surface area contributed by atoms with Crippen LogP contribution in [0.15, 0.2) is 53.8 Å². The van der Waals surface area contributed by atoms with Crippen molar-refractivity contribution in [2.45, 2.75) is 26.2 Å². The maximum atomic E-state index is 13.2. The molecule has 0 fully saturated rings. The number of halogens is 1. The molecular formula is C20H20ClN3O. The number of benzene rings is 2. The molecule has 0 saturated carbocycles. The van der Waals surface area contributed by atoms with Gasteiger partial charge in [-0.05, 0) is 42.8 Å².